The fourth-order valence-electron chi connectivity index (χ4n) is 1.73. The zero-order valence-electron chi connectivity index (χ0n) is 12.3. The minimum Gasteiger partial charge on any atom is -0.366 e. The summed E-state index contributed by atoms with van der Waals surface area (Å²) >= 11 is 2.10. The summed E-state index contributed by atoms with van der Waals surface area (Å²) in [6.07, 6.45) is 3.57. The number of nitrogens with zero attached hydrogens (tertiary/aromatic N) is 1. The molecule has 3 amide bonds. The monoisotopic (exact) mass is 422 g/mol. The average Bonchev–Trinajstić information content (AvgIpc) is 2.78. The molecule has 8 heteroatoms. The molecule has 0 aromatic heterocycles. The number of rotatable bonds is 10. The lowest BCUT2D eigenvalue weighted by Gasteiger charge is -2.14. The zero-order chi connectivity index (χ0) is 16.5. The molecule has 0 bridgehead atoms. The highest BCUT2D eigenvalue weighted by Gasteiger charge is 2.23. The number of Topliss-reactive ketones (excluding diaryl/α,β-unsaturated/α-hetero) is 1. The number of carbonyl (C=O) groups excluding carboxylic acids is 4. The van der Waals surface area contributed by atoms with E-state index in [-0.39, 0.29) is 40.6 Å². The van der Waals surface area contributed by atoms with Crippen LogP contribution in [0, 0.1) is 0 Å². The van der Waals surface area contributed by atoms with Crippen molar-refractivity contribution in [1.82, 2.24) is 10.2 Å². The van der Waals surface area contributed by atoms with Gasteiger partial charge in [0, 0.05) is 38.1 Å². The van der Waals surface area contributed by atoms with Crippen LogP contribution in [0.3, 0.4) is 0 Å². The molecule has 1 aliphatic rings. The Morgan fingerprint density at radius 3 is 2.50 bits per heavy atom. The summed E-state index contributed by atoms with van der Waals surface area (Å²) in [5.74, 6) is -0.900. The molecule has 122 valence electrons. The maximum Gasteiger partial charge on any atom is 0.253 e. The van der Waals surface area contributed by atoms with Crippen LogP contribution in [0.5, 0.6) is 0 Å². The van der Waals surface area contributed by atoms with E-state index in [1.165, 1.54) is 19.1 Å². The molecule has 1 unspecified atom stereocenters. The van der Waals surface area contributed by atoms with E-state index in [0.29, 0.717) is 26.0 Å². The molecular formula is C14H19IN2O5. The molecule has 22 heavy (non-hydrogen) atoms. The number of hydrogen-bond donors (Lipinski definition) is 1. The highest BCUT2D eigenvalue weighted by Crippen LogP contribution is 2.10. The van der Waals surface area contributed by atoms with Gasteiger partial charge >= 0.3 is 0 Å². The fourth-order valence-corrected chi connectivity index (χ4v) is 2.30. The molecule has 7 nitrogen and oxygen atoms in total. The third-order valence-electron chi connectivity index (χ3n) is 2.91. The first-order chi connectivity index (χ1) is 10.4. The highest BCUT2D eigenvalue weighted by molar-refractivity contribution is 14.1. The van der Waals surface area contributed by atoms with Crippen LogP contribution in [0.25, 0.3) is 0 Å². The Bertz CT molecular complexity index is 460. The summed E-state index contributed by atoms with van der Waals surface area (Å²) in [5, 5.41) is 2.65. The molecule has 0 fully saturated rings. The molecule has 1 aliphatic heterocycles. The van der Waals surface area contributed by atoms with E-state index in [4.69, 9.17) is 4.74 Å². The van der Waals surface area contributed by atoms with Crippen molar-refractivity contribution in [1.29, 1.82) is 0 Å². The SMILES string of the molecule is CC(=O)CCC(I)OCCNC(=O)CCN1C(=O)C=CC1=O. The smallest absolute Gasteiger partial charge is 0.253 e. The Kier molecular flexibility index (Phi) is 8.25. The first-order valence-corrected chi connectivity index (χ1v) is 8.20. The van der Waals surface area contributed by atoms with Gasteiger partial charge in [0.2, 0.25) is 5.91 Å². The van der Waals surface area contributed by atoms with E-state index >= 15 is 0 Å². The molecule has 1 N–H and O–H groups in total. The number of halogens is 1. The maximum absolute atomic E-state index is 11.6. The number of amides is 3. The second-order valence-corrected chi connectivity index (χ2v) is 6.17. The third-order valence-corrected chi connectivity index (χ3v) is 3.89. The van der Waals surface area contributed by atoms with E-state index in [9.17, 15) is 19.2 Å². The Labute approximate surface area is 142 Å². The van der Waals surface area contributed by atoms with Gasteiger partial charge in [-0.2, -0.15) is 0 Å². The number of alkyl halides is 1. The minimum absolute atomic E-state index is 0.0654. The molecule has 0 saturated carbocycles. The van der Waals surface area contributed by atoms with Gasteiger partial charge in [0.25, 0.3) is 11.8 Å². The van der Waals surface area contributed by atoms with Crippen molar-refractivity contribution in [2.75, 3.05) is 19.7 Å². The lowest BCUT2D eigenvalue weighted by molar-refractivity contribution is -0.137. The van der Waals surface area contributed by atoms with E-state index < -0.39 is 0 Å². The summed E-state index contributed by atoms with van der Waals surface area (Å²) < 4.78 is 5.38. The van der Waals surface area contributed by atoms with Crippen molar-refractivity contribution >= 4 is 46.1 Å². The molecule has 0 radical (unpaired) electrons. The van der Waals surface area contributed by atoms with Crippen LogP contribution >= 0.6 is 22.6 Å². The summed E-state index contributed by atoms with van der Waals surface area (Å²) in [5.41, 5.74) is 0. The van der Waals surface area contributed by atoms with Gasteiger partial charge in [-0.3, -0.25) is 19.3 Å². The van der Waals surface area contributed by atoms with Crippen molar-refractivity contribution in [3.05, 3.63) is 12.2 Å². The Hall–Kier alpha value is -1.29. The molecule has 1 atom stereocenters. The molecule has 1 heterocycles. The quantitative estimate of drug-likeness (QED) is 0.241. The van der Waals surface area contributed by atoms with Crippen LogP contribution in [0.4, 0.5) is 0 Å². The molecule has 0 spiro atoms. The first-order valence-electron chi connectivity index (χ1n) is 6.95. The number of ketones is 1. The maximum atomic E-state index is 11.6. The topological polar surface area (TPSA) is 92.8 Å². The van der Waals surface area contributed by atoms with Gasteiger partial charge in [0.15, 0.2) is 0 Å². The molecule has 0 aliphatic carbocycles. The van der Waals surface area contributed by atoms with Crippen molar-refractivity contribution < 1.29 is 23.9 Å². The van der Waals surface area contributed by atoms with Crippen molar-refractivity contribution in [2.24, 2.45) is 0 Å². The lowest BCUT2D eigenvalue weighted by Crippen LogP contribution is -2.35. The molecule has 0 saturated heterocycles. The number of ether oxygens (including phenoxy) is 1. The summed E-state index contributed by atoms with van der Waals surface area (Å²) in [6, 6.07) is 0. The Balaban J connectivity index is 2.07. The van der Waals surface area contributed by atoms with E-state index in [1.807, 2.05) is 0 Å². The Morgan fingerprint density at radius 1 is 1.27 bits per heavy atom. The normalized spacial score (nSPS) is 15.3. The average molecular weight is 422 g/mol. The molecule has 0 aromatic carbocycles. The highest BCUT2D eigenvalue weighted by atomic mass is 127. The van der Waals surface area contributed by atoms with Crippen LogP contribution in [0.1, 0.15) is 26.2 Å². The second-order valence-electron chi connectivity index (χ2n) is 4.78. The van der Waals surface area contributed by atoms with Gasteiger partial charge in [0.1, 0.15) is 9.89 Å². The predicted molar refractivity (Wildman–Crippen MR) is 87.2 cm³/mol. The van der Waals surface area contributed by atoms with Crippen LogP contribution in [0.2, 0.25) is 0 Å². The number of carbonyl (C=O) groups is 4. The standard InChI is InChI=1S/C14H19IN2O5/c1-10(18)2-3-11(15)22-9-7-16-12(19)6-8-17-13(20)4-5-14(17)21/h4-5,11H,2-3,6-9H2,1H3,(H,16,19). The second kappa shape index (κ2) is 9.67. The number of nitrogens with one attached hydrogen (secondary N) is 1. The molecule has 1 rings (SSSR count). The van der Waals surface area contributed by atoms with E-state index in [2.05, 4.69) is 27.9 Å². The fraction of sp³-hybridized carbons (Fsp3) is 0.571. The largest absolute Gasteiger partial charge is 0.366 e. The summed E-state index contributed by atoms with van der Waals surface area (Å²) in [6.45, 7) is 2.30. The van der Waals surface area contributed by atoms with E-state index in [1.54, 1.807) is 0 Å². The minimum atomic E-state index is -0.389. The van der Waals surface area contributed by atoms with Crippen LogP contribution < -0.4 is 5.32 Å². The molecular weight excluding hydrogens is 403 g/mol. The summed E-state index contributed by atoms with van der Waals surface area (Å²) in [4.78, 5) is 46.0. The first kappa shape index (κ1) is 18.8. The van der Waals surface area contributed by atoms with Gasteiger partial charge in [-0.1, -0.05) is 22.6 Å². The van der Waals surface area contributed by atoms with E-state index in [0.717, 1.165) is 4.90 Å². The van der Waals surface area contributed by atoms with Crippen LogP contribution in [-0.4, -0.2) is 52.2 Å². The third kappa shape index (κ3) is 7.12. The number of hydrogen-bond acceptors (Lipinski definition) is 5. The molecule has 0 aromatic rings. The van der Waals surface area contributed by atoms with Gasteiger partial charge in [-0.15, -0.1) is 0 Å². The lowest BCUT2D eigenvalue weighted by atomic mass is 10.2. The number of imide groups is 1. The summed E-state index contributed by atoms with van der Waals surface area (Å²) in [7, 11) is 0. The van der Waals surface area contributed by atoms with Gasteiger partial charge < -0.3 is 14.8 Å². The van der Waals surface area contributed by atoms with Crippen molar-refractivity contribution in [3.63, 3.8) is 0 Å². The van der Waals surface area contributed by atoms with Gasteiger partial charge in [0.05, 0.1) is 6.61 Å². The van der Waals surface area contributed by atoms with Crippen molar-refractivity contribution in [2.45, 2.75) is 30.3 Å². The van der Waals surface area contributed by atoms with Crippen LogP contribution in [-0.2, 0) is 23.9 Å². The Morgan fingerprint density at radius 2 is 1.91 bits per heavy atom. The van der Waals surface area contributed by atoms with Crippen LogP contribution in [0.15, 0.2) is 12.2 Å². The predicted octanol–water partition coefficient (Wildman–Crippen LogP) is 0.565. The van der Waals surface area contributed by atoms with Gasteiger partial charge in [-0.05, 0) is 13.3 Å². The van der Waals surface area contributed by atoms with Crippen molar-refractivity contribution in [3.8, 4) is 0 Å². The zero-order valence-corrected chi connectivity index (χ0v) is 14.5. The van der Waals surface area contributed by atoms with Gasteiger partial charge in [-0.25, -0.2) is 0 Å².